The normalized spacial score (nSPS) is 12.8. The highest BCUT2D eigenvalue weighted by atomic mass is 16.4. The van der Waals surface area contributed by atoms with E-state index in [-0.39, 0.29) is 0 Å². The van der Waals surface area contributed by atoms with Gasteiger partial charge < -0.3 is 13.7 Å². The molecule has 0 unspecified atom stereocenters. The highest BCUT2D eigenvalue weighted by Gasteiger charge is 2.46. The first-order chi connectivity index (χ1) is 31.7. The lowest BCUT2D eigenvalue weighted by Gasteiger charge is -2.35. The van der Waals surface area contributed by atoms with Crippen LogP contribution in [0.1, 0.15) is 22.3 Å². The summed E-state index contributed by atoms with van der Waals surface area (Å²) in [6.45, 7) is 0. The Hall–Kier alpha value is -8.40. The quantitative estimate of drug-likeness (QED) is 0.160. The largest absolute Gasteiger partial charge is 0.452 e. The fraction of sp³-hybridized carbons (Fsp3) is 0.0164. The van der Waals surface area contributed by atoms with Crippen molar-refractivity contribution in [3.63, 3.8) is 0 Å². The van der Waals surface area contributed by atoms with Gasteiger partial charge in [0.1, 0.15) is 11.2 Å². The molecule has 2 aromatic heterocycles. The maximum absolute atomic E-state index is 6.49. The number of rotatable bonds is 7. The maximum atomic E-state index is 6.49. The molecule has 0 saturated carbocycles. The van der Waals surface area contributed by atoms with Gasteiger partial charge in [-0.05, 0) is 122 Å². The summed E-state index contributed by atoms with van der Waals surface area (Å²) in [6, 6.07) is 85.5. The Morgan fingerprint density at radius 1 is 0.297 bits per heavy atom. The summed E-state index contributed by atoms with van der Waals surface area (Å²) in [6.07, 6.45) is 0. The van der Waals surface area contributed by atoms with Crippen LogP contribution in [0.5, 0.6) is 0 Å². The van der Waals surface area contributed by atoms with E-state index in [0.29, 0.717) is 0 Å². The Morgan fingerprint density at radius 3 is 1.45 bits per heavy atom. The number of hydrogen-bond donors (Lipinski definition) is 0. The first-order valence-corrected chi connectivity index (χ1v) is 21.9. The van der Waals surface area contributed by atoms with Crippen molar-refractivity contribution in [1.29, 1.82) is 0 Å². The Balaban J connectivity index is 0.956. The van der Waals surface area contributed by atoms with Gasteiger partial charge in [-0.1, -0.05) is 170 Å². The standard InChI is InChI=1S/C61H39NO2/c1-4-14-40(15-5-1)41-24-29-46(30-25-41)62(48-33-34-50-49-20-10-12-22-55(49)61(56(50)39-48,44-16-6-2-7-17-44)45-18-8-3-9-19-45)47-31-26-42(27-32-47)43-28-37-58-54(38-43)53-36-35-52-51-21-11-13-23-57(51)63-59(52)60(53)64-58/h1-39H. The molecule has 0 radical (unpaired) electrons. The zero-order chi connectivity index (χ0) is 42.2. The van der Waals surface area contributed by atoms with Gasteiger partial charge in [0.15, 0.2) is 11.2 Å². The van der Waals surface area contributed by atoms with Gasteiger partial charge in [0.05, 0.1) is 5.41 Å². The second-order valence-electron chi connectivity index (χ2n) is 16.8. The molecule has 0 N–H and O–H groups in total. The van der Waals surface area contributed by atoms with Crippen LogP contribution in [0.2, 0.25) is 0 Å². The molecule has 0 bridgehead atoms. The van der Waals surface area contributed by atoms with Gasteiger partial charge in [-0.25, -0.2) is 0 Å². The molecule has 0 saturated heterocycles. The fourth-order valence-corrected chi connectivity index (χ4v) is 10.5. The Labute approximate surface area is 370 Å². The van der Waals surface area contributed by atoms with Crippen molar-refractivity contribution in [1.82, 2.24) is 0 Å². The first kappa shape index (κ1) is 36.3. The second kappa shape index (κ2) is 14.3. The molecule has 13 rings (SSSR count). The van der Waals surface area contributed by atoms with Crippen molar-refractivity contribution in [2.75, 3.05) is 4.90 Å². The lowest BCUT2D eigenvalue weighted by atomic mass is 9.67. The van der Waals surface area contributed by atoms with Crippen LogP contribution in [-0.2, 0) is 5.41 Å². The van der Waals surface area contributed by atoms with E-state index in [9.17, 15) is 0 Å². The molecule has 1 aliphatic rings. The molecular formula is C61H39NO2. The summed E-state index contributed by atoms with van der Waals surface area (Å²) >= 11 is 0. The molecular weight excluding hydrogens is 779 g/mol. The van der Waals surface area contributed by atoms with Crippen LogP contribution in [0.15, 0.2) is 245 Å². The molecule has 3 heteroatoms. The zero-order valence-corrected chi connectivity index (χ0v) is 34.8. The van der Waals surface area contributed by atoms with Crippen molar-refractivity contribution in [3.05, 3.63) is 259 Å². The number of benzene rings is 10. The molecule has 12 aromatic rings. The number of hydrogen-bond acceptors (Lipinski definition) is 3. The Kier molecular flexibility index (Phi) is 8.13. The highest BCUT2D eigenvalue weighted by molar-refractivity contribution is 6.19. The smallest absolute Gasteiger partial charge is 0.178 e. The molecule has 1 aliphatic carbocycles. The Morgan fingerprint density at radius 2 is 0.781 bits per heavy atom. The van der Waals surface area contributed by atoms with Gasteiger partial charge in [0.2, 0.25) is 0 Å². The predicted octanol–water partition coefficient (Wildman–Crippen LogP) is 16.7. The minimum Gasteiger partial charge on any atom is -0.452 e. The van der Waals surface area contributed by atoms with Crippen molar-refractivity contribution >= 4 is 60.9 Å². The van der Waals surface area contributed by atoms with Crippen molar-refractivity contribution in [2.45, 2.75) is 5.41 Å². The third kappa shape index (κ3) is 5.47. The lowest BCUT2D eigenvalue weighted by Crippen LogP contribution is -2.28. The van der Waals surface area contributed by atoms with Crippen LogP contribution in [-0.4, -0.2) is 0 Å². The van der Waals surface area contributed by atoms with Crippen molar-refractivity contribution in [3.8, 4) is 33.4 Å². The molecule has 0 atom stereocenters. The summed E-state index contributed by atoms with van der Waals surface area (Å²) in [5.74, 6) is 0. The van der Waals surface area contributed by atoms with Crippen LogP contribution < -0.4 is 4.90 Å². The topological polar surface area (TPSA) is 29.5 Å². The molecule has 0 fully saturated rings. The van der Waals surface area contributed by atoms with Crippen LogP contribution >= 0.6 is 0 Å². The predicted molar refractivity (Wildman–Crippen MR) is 264 cm³/mol. The molecule has 300 valence electrons. The van der Waals surface area contributed by atoms with Gasteiger partial charge in [-0.15, -0.1) is 0 Å². The van der Waals surface area contributed by atoms with E-state index in [1.807, 2.05) is 18.2 Å². The number of para-hydroxylation sites is 1. The summed E-state index contributed by atoms with van der Waals surface area (Å²) in [7, 11) is 0. The number of anilines is 3. The van der Waals surface area contributed by atoms with Gasteiger partial charge in [0.25, 0.3) is 0 Å². The number of fused-ring (bicyclic) bond motifs is 10. The van der Waals surface area contributed by atoms with Crippen molar-refractivity contribution in [2.24, 2.45) is 0 Å². The monoisotopic (exact) mass is 817 g/mol. The van der Waals surface area contributed by atoms with Gasteiger partial charge in [-0.2, -0.15) is 0 Å². The lowest BCUT2D eigenvalue weighted by molar-refractivity contribution is 0.633. The van der Waals surface area contributed by atoms with E-state index in [0.717, 1.165) is 72.1 Å². The van der Waals surface area contributed by atoms with E-state index in [1.54, 1.807) is 0 Å². The van der Waals surface area contributed by atoms with Crippen molar-refractivity contribution < 1.29 is 8.83 Å². The minimum atomic E-state index is -0.511. The van der Waals surface area contributed by atoms with Gasteiger partial charge in [-0.3, -0.25) is 0 Å². The van der Waals surface area contributed by atoms with E-state index in [1.165, 1.54) is 44.5 Å². The summed E-state index contributed by atoms with van der Waals surface area (Å²) in [4.78, 5) is 2.40. The van der Waals surface area contributed by atoms with Gasteiger partial charge >= 0.3 is 0 Å². The maximum Gasteiger partial charge on any atom is 0.178 e. The third-order valence-corrected chi connectivity index (χ3v) is 13.4. The van der Waals surface area contributed by atoms with Crippen LogP contribution in [0.3, 0.4) is 0 Å². The molecule has 0 aliphatic heterocycles. The van der Waals surface area contributed by atoms with Crippen LogP contribution in [0, 0.1) is 0 Å². The average Bonchev–Trinajstić information content (AvgIpc) is 4.04. The third-order valence-electron chi connectivity index (χ3n) is 13.4. The second-order valence-corrected chi connectivity index (χ2v) is 16.8. The SMILES string of the molecule is c1ccc(-c2ccc(N(c3ccc(-c4ccc5oc6c(ccc7c8ccccc8oc76)c5c4)cc3)c3ccc4c(c3)C(c3ccccc3)(c3ccccc3)c3ccccc3-4)cc2)cc1. The zero-order valence-electron chi connectivity index (χ0n) is 34.8. The highest BCUT2D eigenvalue weighted by Crippen LogP contribution is 2.57. The molecule has 0 amide bonds. The minimum absolute atomic E-state index is 0.511. The van der Waals surface area contributed by atoms with Gasteiger partial charge in [0, 0.05) is 38.6 Å². The molecule has 2 heterocycles. The van der Waals surface area contributed by atoms with Crippen LogP contribution in [0.4, 0.5) is 17.1 Å². The van der Waals surface area contributed by atoms with E-state index in [2.05, 4.69) is 223 Å². The van der Waals surface area contributed by atoms with E-state index >= 15 is 0 Å². The average molecular weight is 818 g/mol. The van der Waals surface area contributed by atoms with Crippen LogP contribution in [0.25, 0.3) is 77.3 Å². The number of nitrogens with zero attached hydrogens (tertiary/aromatic N) is 1. The first-order valence-electron chi connectivity index (χ1n) is 21.9. The summed E-state index contributed by atoms with van der Waals surface area (Å²) < 4.78 is 12.8. The summed E-state index contributed by atoms with van der Waals surface area (Å²) in [5, 5.41) is 4.28. The number of furan rings is 2. The molecule has 64 heavy (non-hydrogen) atoms. The fourth-order valence-electron chi connectivity index (χ4n) is 10.5. The molecule has 0 spiro atoms. The molecule has 10 aromatic carbocycles. The summed E-state index contributed by atoms with van der Waals surface area (Å²) in [5.41, 5.74) is 18.2. The van der Waals surface area contributed by atoms with E-state index in [4.69, 9.17) is 8.83 Å². The Bertz CT molecular complexity index is 3660. The molecule has 3 nitrogen and oxygen atoms in total. The van der Waals surface area contributed by atoms with E-state index < -0.39 is 5.41 Å².